The van der Waals surface area contributed by atoms with Crippen LogP contribution in [-0.2, 0) is 9.13 Å². The fourth-order valence-corrected chi connectivity index (χ4v) is 1.53. The maximum atomic E-state index is 10.3. The first-order chi connectivity index (χ1) is 4.50. The Hall–Kier alpha value is 8.26. The second-order valence-corrected chi connectivity index (χ2v) is 6.33. The van der Waals surface area contributed by atoms with Gasteiger partial charge in [-0.2, -0.15) is 0 Å². The SMILES string of the molecule is CC(O)(P(=O)(O)O)P(=O)(O)O.[H-].[H-].[H-].[H-].[H-].[H-].[H-].[H-].[Na+].[Na+].[Na+].[Na+].[Na+].[Na+].[Na+].[Na+]. The van der Waals surface area contributed by atoms with E-state index in [1.807, 2.05) is 0 Å². The van der Waals surface area contributed by atoms with Gasteiger partial charge >= 0.3 is 252 Å². The molecule has 0 aromatic carbocycles. The molecule has 0 saturated carbocycles. The molecule has 0 aromatic rings. The van der Waals surface area contributed by atoms with Crippen molar-refractivity contribution in [3.63, 3.8) is 0 Å². The first kappa shape index (κ1) is 56.4. The predicted molar refractivity (Wildman–Crippen MR) is 43.6 cm³/mol. The van der Waals surface area contributed by atoms with Crippen LogP contribution in [0.1, 0.15) is 18.3 Å². The van der Waals surface area contributed by atoms with Crippen LogP contribution in [0.2, 0.25) is 0 Å². The molecule has 0 unspecified atom stereocenters. The smallest absolute Gasteiger partial charge is 1.00 e. The molecule has 0 aliphatic carbocycles. The molecule has 0 spiro atoms. The van der Waals surface area contributed by atoms with E-state index in [0.29, 0.717) is 6.92 Å². The maximum absolute atomic E-state index is 10.3. The van der Waals surface area contributed by atoms with Gasteiger partial charge < -0.3 is 36.1 Å². The molecule has 0 rings (SSSR count). The third kappa shape index (κ3) is 22.4. The summed E-state index contributed by atoms with van der Waals surface area (Å²) >= 11 is 0. The summed E-state index contributed by atoms with van der Waals surface area (Å²) in [4.78, 5) is 33.0. The van der Waals surface area contributed by atoms with Gasteiger partial charge in [0.05, 0.1) is 0 Å². The fourth-order valence-electron chi connectivity index (χ4n) is 0.170. The molecule has 0 amide bonds. The van der Waals surface area contributed by atoms with Crippen molar-refractivity contribution in [1.29, 1.82) is 0 Å². The Morgan fingerprint density at radius 1 is 0.684 bits per heavy atom. The molecule has 0 heterocycles. The van der Waals surface area contributed by atoms with Crippen LogP contribution in [-0.4, -0.2) is 29.8 Å². The van der Waals surface area contributed by atoms with E-state index in [1.165, 1.54) is 0 Å². The Morgan fingerprint density at radius 3 is 0.789 bits per heavy atom. The standard InChI is InChI=1S/C2H8O7P2.8Na.8H/c1-2(3,10(4,5)6)11(7,8)9;;;;;;;;;;;;;;;;/h3H,1H3,(H2,4,5,6)(H2,7,8,9);;;;;;;;;;;;;;;;/q;8*+1;8*-1. The van der Waals surface area contributed by atoms with E-state index < -0.39 is 20.3 Å². The van der Waals surface area contributed by atoms with Gasteiger partial charge in [0.25, 0.3) is 5.08 Å². The van der Waals surface area contributed by atoms with Gasteiger partial charge in [-0.1, -0.05) is 0 Å². The van der Waals surface area contributed by atoms with E-state index in [4.69, 9.17) is 24.7 Å². The van der Waals surface area contributed by atoms with E-state index in [0.717, 1.165) is 0 Å². The fraction of sp³-hybridized carbons (Fsp3) is 1.00. The predicted octanol–water partition coefficient (Wildman–Crippen LogP) is -24.1. The largest absolute Gasteiger partial charge is 1.00 e. The second kappa shape index (κ2) is 24.3. The summed E-state index contributed by atoms with van der Waals surface area (Å²) in [5.74, 6) is 0. The van der Waals surface area contributed by atoms with Crippen molar-refractivity contribution in [1.82, 2.24) is 0 Å². The Bertz CT molecular complexity index is 249. The summed E-state index contributed by atoms with van der Waals surface area (Å²) < 4.78 is 20.5. The van der Waals surface area contributed by atoms with Crippen LogP contribution < -0.4 is 236 Å². The number of rotatable bonds is 2. The first-order valence-corrected chi connectivity index (χ1v) is 5.56. The van der Waals surface area contributed by atoms with E-state index in [-0.39, 0.29) is 248 Å². The van der Waals surface area contributed by atoms with Crippen LogP contribution in [0.5, 0.6) is 0 Å². The molecule has 0 aliphatic rings. The molecule has 0 aliphatic heterocycles. The van der Waals surface area contributed by atoms with Crippen molar-refractivity contribution in [2.75, 3.05) is 0 Å². The van der Waals surface area contributed by atoms with Gasteiger partial charge in [-0.3, -0.25) is 9.13 Å². The van der Waals surface area contributed by atoms with E-state index in [2.05, 4.69) is 0 Å². The second-order valence-electron chi connectivity index (χ2n) is 2.06. The van der Waals surface area contributed by atoms with E-state index in [1.54, 1.807) is 0 Å². The molecule has 17 heteroatoms. The Labute approximate surface area is 301 Å². The molecular weight excluding hydrogens is 382 g/mol. The summed E-state index contributed by atoms with van der Waals surface area (Å²) in [5, 5.41) is 5.37. The zero-order chi connectivity index (χ0) is 9.50. The summed E-state index contributed by atoms with van der Waals surface area (Å²) in [5.41, 5.74) is 0. The van der Waals surface area contributed by atoms with Crippen molar-refractivity contribution in [2.24, 2.45) is 0 Å². The van der Waals surface area contributed by atoms with Gasteiger partial charge in [0, 0.05) is 0 Å². The van der Waals surface area contributed by atoms with Gasteiger partial charge in [0.15, 0.2) is 0 Å². The third-order valence-corrected chi connectivity index (χ3v) is 4.87. The van der Waals surface area contributed by atoms with Crippen LogP contribution in [0.4, 0.5) is 0 Å². The summed E-state index contributed by atoms with van der Waals surface area (Å²) in [7, 11) is -10.4. The average Bonchev–Trinajstić information content (AvgIpc) is 1.58. The summed E-state index contributed by atoms with van der Waals surface area (Å²) in [6.07, 6.45) is 0. The molecule has 0 fully saturated rings. The van der Waals surface area contributed by atoms with Crippen LogP contribution >= 0.6 is 15.2 Å². The van der Waals surface area contributed by atoms with Gasteiger partial charge in [-0.15, -0.1) is 0 Å². The topological polar surface area (TPSA) is 135 Å². The van der Waals surface area contributed by atoms with Crippen LogP contribution in [0, 0.1) is 0 Å². The van der Waals surface area contributed by atoms with Crippen molar-refractivity contribution in [2.45, 2.75) is 12.0 Å². The van der Waals surface area contributed by atoms with Crippen LogP contribution in [0.3, 0.4) is 0 Å². The zero-order valence-electron chi connectivity index (χ0n) is 21.4. The van der Waals surface area contributed by atoms with Crippen LogP contribution in [0.25, 0.3) is 0 Å². The Balaban J connectivity index is -0.00000000417. The molecule has 0 bridgehead atoms. The maximum Gasteiger partial charge on any atom is 1.00 e. The minimum absolute atomic E-state index is 0. The summed E-state index contributed by atoms with van der Waals surface area (Å²) in [6.45, 7) is 0.383. The minimum Gasteiger partial charge on any atom is -1.00 e. The molecule has 0 atom stereocenters. The average molecular weight is 398 g/mol. The molecule has 7 nitrogen and oxygen atoms in total. The molecule has 5 N–H and O–H groups in total. The molecule has 0 radical (unpaired) electrons. The molecule has 84 valence electrons. The normalized spacial score (nSPS) is 8.74. The monoisotopic (exact) mass is 398 g/mol. The quantitative estimate of drug-likeness (QED) is 0.230. The first-order valence-electron chi connectivity index (χ1n) is 2.34. The zero-order valence-corrected chi connectivity index (χ0v) is 31.2. The molecule has 0 saturated heterocycles. The Kier molecular flexibility index (Phi) is 72.1. The van der Waals surface area contributed by atoms with Gasteiger partial charge in [-0.05, 0) is 6.92 Å². The van der Waals surface area contributed by atoms with E-state index >= 15 is 0 Å². The summed E-state index contributed by atoms with van der Waals surface area (Å²) in [6, 6.07) is 0. The number of aliphatic hydroxyl groups is 1. The van der Waals surface area contributed by atoms with Crippen LogP contribution in [0.15, 0.2) is 0 Å². The van der Waals surface area contributed by atoms with E-state index in [9.17, 15) is 9.13 Å². The molecule has 0 aromatic heterocycles. The Morgan fingerprint density at radius 2 is 0.789 bits per heavy atom. The molecular formula is C2H16Na8O7P2. The minimum atomic E-state index is -5.20. The van der Waals surface area contributed by atoms with Gasteiger partial charge in [0.1, 0.15) is 0 Å². The van der Waals surface area contributed by atoms with Gasteiger partial charge in [-0.25, -0.2) is 0 Å². The van der Waals surface area contributed by atoms with Gasteiger partial charge in [0.2, 0.25) is 0 Å². The molecule has 19 heavy (non-hydrogen) atoms. The van der Waals surface area contributed by atoms with Crippen molar-refractivity contribution >= 4 is 15.2 Å². The van der Waals surface area contributed by atoms with Crippen molar-refractivity contribution < 1.29 is 282 Å². The number of hydrogen-bond acceptors (Lipinski definition) is 3. The van der Waals surface area contributed by atoms with Crippen molar-refractivity contribution in [3.05, 3.63) is 0 Å². The number of hydrogen-bond donors (Lipinski definition) is 5. The van der Waals surface area contributed by atoms with Crippen molar-refractivity contribution in [3.8, 4) is 0 Å². The third-order valence-electron chi connectivity index (χ3n) is 1.10.